The van der Waals surface area contributed by atoms with E-state index in [1.807, 2.05) is 19.9 Å². The highest BCUT2D eigenvalue weighted by molar-refractivity contribution is 7.21. The molecule has 160 valence electrons. The van der Waals surface area contributed by atoms with Crippen molar-refractivity contribution >= 4 is 56.4 Å². The van der Waals surface area contributed by atoms with E-state index in [2.05, 4.69) is 10.3 Å². The fraction of sp³-hybridized carbons (Fsp3) is 0.273. The fourth-order valence-corrected chi connectivity index (χ4v) is 4.83. The van der Waals surface area contributed by atoms with Crippen LogP contribution in [-0.4, -0.2) is 35.9 Å². The SMILES string of the molecule is Cc1cc(C)c2c(N)c(C(=O)OCC(=O)Nc3ccccc3N3CCCC3=O)sc2n1. The summed E-state index contributed by atoms with van der Waals surface area (Å²) in [5.74, 6) is -1.15. The van der Waals surface area contributed by atoms with Crippen molar-refractivity contribution in [2.24, 2.45) is 0 Å². The van der Waals surface area contributed by atoms with Crippen LogP contribution < -0.4 is 16.0 Å². The number of fused-ring (bicyclic) bond motifs is 1. The molecule has 0 aliphatic carbocycles. The van der Waals surface area contributed by atoms with Gasteiger partial charge in [0, 0.05) is 24.0 Å². The minimum Gasteiger partial charge on any atom is -0.451 e. The smallest absolute Gasteiger partial charge is 0.351 e. The minimum atomic E-state index is -0.671. The van der Waals surface area contributed by atoms with Crippen LogP contribution in [0, 0.1) is 13.8 Å². The van der Waals surface area contributed by atoms with Crippen LogP contribution in [0.2, 0.25) is 0 Å². The summed E-state index contributed by atoms with van der Waals surface area (Å²) >= 11 is 1.15. The Morgan fingerprint density at radius 1 is 1.29 bits per heavy atom. The van der Waals surface area contributed by atoms with E-state index < -0.39 is 18.5 Å². The highest BCUT2D eigenvalue weighted by Crippen LogP contribution is 2.35. The Bertz CT molecular complexity index is 1200. The third kappa shape index (κ3) is 4.09. The summed E-state index contributed by atoms with van der Waals surface area (Å²) in [5, 5.41) is 3.45. The summed E-state index contributed by atoms with van der Waals surface area (Å²) < 4.78 is 5.20. The molecule has 8 nitrogen and oxygen atoms in total. The number of esters is 1. The van der Waals surface area contributed by atoms with Crippen molar-refractivity contribution in [3.05, 3.63) is 46.5 Å². The standard InChI is InChI=1S/C22H22N4O4S/c1-12-10-13(2)24-21-18(12)19(23)20(31-21)22(29)30-11-16(27)25-14-6-3-4-7-15(14)26-9-5-8-17(26)28/h3-4,6-7,10H,5,8-9,11,23H2,1-2H3,(H,25,27). The number of thiophene rings is 1. The molecule has 0 unspecified atom stereocenters. The summed E-state index contributed by atoms with van der Waals surface area (Å²) in [5.41, 5.74) is 9.36. The molecule has 1 aliphatic rings. The summed E-state index contributed by atoms with van der Waals surface area (Å²) in [6, 6.07) is 8.96. The molecule has 0 radical (unpaired) electrons. The Hall–Kier alpha value is -3.46. The van der Waals surface area contributed by atoms with Crippen molar-refractivity contribution in [2.75, 3.05) is 29.1 Å². The van der Waals surface area contributed by atoms with E-state index in [9.17, 15) is 14.4 Å². The second kappa shape index (κ2) is 8.35. The lowest BCUT2D eigenvalue weighted by Crippen LogP contribution is -2.27. The van der Waals surface area contributed by atoms with E-state index in [1.54, 1.807) is 29.2 Å². The van der Waals surface area contributed by atoms with Gasteiger partial charge in [0.15, 0.2) is 6.61 Å². The van der Waals surface area contributed by atoms with E-state index >= 15 is 0 Å². The molecule has 0 spiro atoms. The first-order chi connectivity index (χ1) is 14.8. The summed E-state index contributed by atoms with van der Waals surface area (Å²) in [6.45, 7) is 3.92. The lowest BCUT2D eigenvalue weighted by Gasteiger charge is -2.19. The number of para-hydroxylation sites is 2. The molecule has 0 atom stereocenters. The van der Waals surface area contributed by atoms with E-state index in [0.29, 0.717) is 34.9 Å². The Kier molecular flexibility index (Phi) is 5.60. The van der Waals surface area contributed by atoms with Gasteiger partial charge in [-0.05, 0) is 44.0 Å². The zero-order chi connectivity index (χ0) is 22.1. The number of hydrogen-bond acceptors (Lipinski definition) is 7. The van der Waals surface area contributed by atoms with Crippen LogP contribution in [0.4, 0.5) is 17.1 Å². The number of rotatable bonds is 5. The first-order valence-corrected chi connectivity index (χ1v) is 10.7. The predicted molar refractivity (Wildman–Crippen MR) is 120 cm³/mol. The van der Waals surface area contributed by atoms with Gasteiger partial charge in [-0.1, -0.05) is 12.1 Å². The van der Waals surface area contributed by atoms with Gasteiger partial charge < -0.3 is 20.7 Å². The van der Waals surface area contributed by atoms with Crippen LogP contribution in [0.1, 0.15) is 33.8 Å². The lowest BCUT2D eigenvalue weighted by atomic mass is 10.1. The third-order valence-corrected chi connectivity index (χ3v) is 6.17. The number of nitrogens with zero attached hydrogens (tertiary/aromatic N) is 2. The zero-order valence-electron chi connectivity index (χ0n) is 17.2. The summed E-state index contributed by atoms with van der Waals surface area (Å²) in [7, 11) is 0. The number of hydrogen-bond donors (Lipinski definition) is 2. The van der Waals surface area contributed by atoms with Crippen molar-refractivity contribution in [3.8, 4) is 0 Å². The summed E-state index contributed by atoms with van der Waals surface area (Å²) in [4.78, 5) is 44.0. The number of benzene rings is 1. The number of amides is 2. The average Bonchev–Trinajstić information content (AvgIpc) is 3.29. The molecule has 1 saturated heterocycles. The second-order valence-corrected chi connectivity index (χ2v) is 8.40. The van der Waals surface area contributed by atoms with E-state index in [4.69, 9.17) is 10.5 Å². The van der Waals surface area contributed by atoms with Gasteiger partial charge in [0.1, 0.15) is 9.71 Å². The number of carbonyl (C=O) groups is 3. The highest BCUT2D eigenvalue weighted by atomic mass is 32.1. The second-order valence-electron chi connectivity index (χ2n) is 7.40. The maximum atomic E-state index is 12.6. The molecule has 2 aromatic heterocycles. The van der Waals surface area contributed by atoms with Crippen molar-refractivity contribution in [1.29, 1.82) is 0 Å². The van der Waals surface area contributed by atoms with E-state index in [-0.39, 0.29) is 10.8 Å². The van der Waals surface area contributed by atoms with Crippen LogP contribution in [0.15, 0.2) is 30.3 Å². The maximum absolute atomic E-state index is 12.6. The number of nitrogens with one attached hydrogen (secondary N) is 1. The molecule has 0 saturated carbocycles. The Morgan fingerprint density at radius 3 is 2.81 bits per heavy atom. The molecule has 1 aromatic carbocycles. The van der Waals surface area contributed by atoms with E-state index in [1.165, 1.54) is 0 Å². The fourth-order valence-electron chi connectivity index (χ4n) is 3.72. The number of pyridine rings is 1. The molecule has 9 heteroatoms. The van der Waals surface area contributed by atoms with Gasteiger partial charge in [-0.2, -0.15) is 0 Å². The first kappa shape index (κ1) is 20.8. The molecule has 3 N–H and O–H groups in total. The van der Waals surface area contributed by atoms with Crippen LogP contribution >= 0.6 is 11.3 Å². The topological polar surface area (TPSA) is 115 Å². The number of anilines is 3. The number of nitrogens with two attached hydrogens (primary N) is 1. The molecule has 2 amide bonds. The predicted octanol–water partition coefficient (Wildman–Crippen LogP) is 3.42. The van der Waals surface area contributed by atoms with Crippen molar-refractivity contribution < 1.29 is 19.1 Å². The Labute approximate surface area is 183 Å². The number of aryl methyl sites for hydroxylation is 2. The lowest BCUT2D eigenvalue weighted by molar-refractivity contribution is -0.119. The molecule has 4 rings (SSSR count). The molecule has 3 aromatic rings. The molecular weight excluding hydrogens is 416 g/mol. The average molecular weight is 439 g/mol. The van der Waals surface area contributed by atoms with Crippen molar-refractivity contribution in [1.82, 2.24) is 4.98 Å². The van der Waals surface area contributed by atoms with Crippen LogP contribution in [0.5, 0.6) is 0 Å². The molecule has 1 aliphatic heterocycles. The van der Waals surface area contributed by atoms with Gasteiger partial charge in [-0.3, -0.25) is 9.59 Å². The van der Waals surface area contributed by atoms with Crippen LogP contribution in [0.25, 0.3) is 10.2 Å². The minimum absolute atomic E-state index is 0.0208. The zero-order valence-corrected chi connectivity index (χ0v) is 18.0. The van der Waals surface area contributed by atoms with Crippen molar-refractivity contribution in [2.45, 2.75) is 26.7 Å². The van der Waals surface area contributed by atoms with Gasteiger partial charge >= 0.3 is 5.97 Å². The summed E-state index contributed by atoms with van der Waals surface area (Å²) in [6.07, 6.45) is 1.27. The molecule has 31 heavy (non-hydrogen) atoms. The monoisotopic (exact) mass is 438 g/mol. The third-order valence-electron chi connectivity index (χ3n) is 5.09. The van der Waals surface area contributed by atoms with Gasteiger partial charge in [-0.25, -0.2) is 9.78 Å². The van der Waals surface area contributed by atoms with Gasteiger partial charge in [0.2, 0.25) is 5.91 Å². The number of aromatic nitrogens is 1. The van der Waals surface area contributed by atoms with Crippen molar-refractivity contribution in [3.63, 3.8) is 0 Å². The largest absolute Gasteiger partial charge is 0.451 e. The number of nitrogen functional groups attached to an aromatic ring is 1. The molecule has 1 fully saturated rings. The van der Waals surface area contributed by atoms with Crippen LogP contribution in [0.3, 0.4) is 0 Å². The Balaban J connectivity index is 1.45. The maximum Gasteiger partial charge on any atom is 0.351 e. The quantitative estimate of drug-likeness (QED) is 0.590. The number of carbonyl (C=O) groups excluding carboxylic acids is 3. The van der Waals surface area contributed by atoms with Crippen LogP contribution in [-0.2, 0) is 14.3 Å². The van der Waals surface area contributed by atoms with E-state index in [0.717, 1.165) is 34.4 Å². The first-order valence-electron chi connectivity index (χ1n) is 9.87. The Morgan fingerprint density at radius 2 is 2.06 bits per heavy atom. The number of ether oxygens (including phenoxy) is 1. The highest BCUT2D eigenvalue weighted by Gasteiger charge is 2.25. The van der Waals surface area contributed by atoms with Gasteiger partial charge in [-0.15, -0.1) is 11.3 Å². The normalized spacial score (nSPS) is 13.6. The van der Waals surface area contributed by atoms with Gasteiger partial charge in [0.05, 0.1) is 17.1 Å². The molecule has 0 bridgehead atoms. The molecular formula is C22H22N4O4S. The van der Waals surface area contributed by atoms with Gasteiger partial charge in [0.25, 0.3) is 5.91 Å². The molecule has 3 heterocycles.